The molecule has 3 aromatic rings. The Morgan fingerprint density at radius 1 is 1.19 bits per heavy atom. The van der Waals surface area contributed by atoms with Gasteiger partial charge >= 0.3 is 0 Å². The number of carbonyl (C=O) groups excluding carboxylic acids is 2. The average Bonchev–Trinajstić information content (AvgIpc) is 3.14. The molecule has 0 spiro atoms. The minimum Gasteiger partial charge on any atom is -0.323 e. The molecule has 0 fully saturated rings. The minimum atomic E-state index is -0.199. The number of nitrogens with zero attached hydrogens (tertiary/aromatic N) is 4. The van der Waals surface area contributed by atoms with Gasteiger partial charge in [-0.2, -0.15) is 0 Å². The first kappa shape index (κ1) is 17.3. The zero-order valence-corrected chi connectivity index (χ0v) is 15.4. The van der Waals surface area contributed by atoms with Gasteiger partial charge in [-0.25, -0.2) is 0 Å². The molecule has 1 N–H and O–H groups in total. The van der Waals surface area contributed by atoms with E-state index in [1.807, 2.05) is 54.0 Å². The molecule has 1 aliphatic rings. The van der Waals surface area contributed by atoms with Gasteiger partial charge in [-0.1, -0.05) is 41.6 Å². The molecule has 0 radical (unpaired) electrons. The Morgan fingerprint density at radius 2 is 1.96 bits per heavy atom. The summed E-state index contributed by atoms with van der Waals surface area (Å²) in [6.07, 6.45) is 1.63. The lowest BCUT2D eigenvalue weighted by molar-refractivity contribution is -0.120. The molecule has 1 aliphatic heterocycles. The molecule has 4 rings (SSSR count). The molecule has 2 amide bonds. The lowest BCUT2D eigenvalue weighted by Crippen LogP contribution is -2.43. The summed E-state index contributed by atoms with van der Waals surface area (Å²) in [5, 5.41) is 11.5. The molecule has 1 aromatic heterocycles. The zero-order valence-electron chi connectivity index (χ0n) is 14.6. The van der Waals surface area contributed by atoms with Crippen LogP contribution in [0.3, 0.4) is 0 Å². The van der Waals surface area contributed by atoms with Crippen LogP contribution >= 0.6 is 11.8 Å². The van der Waals surface area contributed by atoms with E-state index in [0.717, 1.165) is 5.69 Å². The first-order valence-electron chi connectivity index (χ1n) is 8.41. The number of nitrogens with one attached hydrogen (secondary N) is 1. The van der Waals surface area contributed by atoms with Crippen molar-refractivity contribution in [3.05, 3.63) is 60.4 Å². The van der Waals surface area contributed by atoms with Crippen LogP contribution in [0.25, 0.3) is 5.69 Å². The van der Waals surface area contributed by atoms with Crippen LogP contribution in [-0.2, 0) is 9.59 Å². The Morgan fingerprint density at radius 3 is 2.78 bits per heavy atom. The van der Waals surface area contributed by atoms with E-state index in [-0.39, 0.29) is 24.1 Å². The van der Waals surface area contributed by atoms with Crippen LogP contribution in [0.2, 0.25) is 0 Å². The summed E-state index contributed by atoms with van der Waals surface area (Å²) in [4.78, 5) is 26.2. The van der Waals surface area contributed by atoms with Crippen molar-refractivity contribution in [1.82, 2.24) is 14.8 Å². The van der Waals surface area contributed by atoms with Gasteiger partial charge in [0.15, 0.2) is 5.16 Å². The number of hydrogen-bond acceptors (Lipinski definition) is 5. The number of benzene rings is 2. The van der Waals surface area contributed by atoms with E-state index < -0.39 is 0 Å². The van der Waals surface area contributed by atoms with Crippen LogP contribution in [0.5, 0.6) is 0 Å². The Hall–Kier alpha value is -3.13. The number of anilines is 2. The van der Waals surface area contributed by atoms with E-state index in [0.29, 0.717) is 16.5 Å². The summed E-state index contributed by atoms with van der Waals surface area (Å²) in [6.45, 7) is 2.04. The Kier molecular flexibility index (Phi) is 4.64. The average molecular weight is 379 g/mol. The monoisotopic (exact) mass is 379 g/mol. The highest BCUT2D eigenvalue weighted by atomic mass is 32.2. The molecule has 8 heteroatoms. The third-order valence-corrected chi connectivity index (χ3v) is 5.15. The number of thioether (sulfide) groups is 1. The quantitative estimate of drug-likeness (QED) is 0.705. The van der Waals surface area contributed by atoms with Crippen molar-refractivity contribution in [2.24, 2.45) is 0 Å². The number of rotatable bonds is 4. The lowest BCUT2D eigenvalue weighted by atomic mass is 10.2. The Bertz CT molecular complexity index is 999. The summed E-state index contributed by atoms with van der Waals surface area (Å²) < 4.78 is 1.84. The van der Waals surface area contributed by atoms with Crippen LogP contribution in [0, 0.1) is 6.92 Å². The van der Waals surface area contributed by atoms with Gasteiger partial charge in [0.1, 0.15) is 12.9 Å². The fourth-order valence-electron chi connectivity index (χ4n) is 2.87. The van der Waals surface area contributed by atoms with Gasteiger partial charge in [-0.3, -0.25) is 14.2 Å². The van der Waals surface area contributed by atoms with E-state index in [2.05, 4.69) is 15.5 Å². The predicted octanol–water partition coefficient (Wildman–Crippen LogP) is 2.65. The minimum absolute atomic E-state index is 0.0149. The van der Waals surface area contributed by atoms with Crippen LogP contribution in [0.15, 0.2) is 60.0 Å². The second kappa shape index (κ2) is 7.24. The maximum Gasteiger partial charge on any atom is 0.244 e. The first-order chi connectivity index (χ1) is 13.1. The number of aryl methyl sites for hydroxylation is 1. The smallest absolute Gasteiger partial charge is 0.244 e. The standard InChI is InChI=1S/C19H17N5O2S/c1-13-6-8-14(9-7-13)24-12-20-22-19(24)27-11-18(26)23-10-17(25)21-15-4-2-3-5-16(15)23/h2-9,12H,10-11H2,1H3,(H,21,25). The molecule has 0 unspecified atom stereocenters. The molecule has 0 bridgehead atoms. The fourth-order valence-corrected chi connectivity index (χ4v) is 3.67. The number of carbonyl (C=O) groups is 2. The lowest BCUT2D eigenvalue weighted by Gasteiger charge is -2.29. The van der Waals surface area contributed by atoms with Gasteiger partial charge in [-0.15, -0.1) is 10.2 Å². The van der Waals surface area contributed by atoms with Crippen molar-refractivity contribution >= 4 is 35.0 Å². The van der Waals surface area contributed by atoms with Gasteiger partial charge in [0.05, 0.1) is 17.1 Å². The molecular weight excluding hydrogens is 362 g/mol. The van der Waals surface area contributed by atoms with Gasteiger partial charge in [-0.05, 0) is 31.2 Å². The number of para-hydroxylation sites is 2. The summed E-state index contributed by atoms with van der Waals surface area (Å²) in [5.41, 5.74) is 3.46. The molecule has 0 atom stereocenters. The molecule has 2 heterocycles. The highest BCUT2D eigenvalue weighted by Crippen LogP contribution is 2.30. The normalized spacial score (nSPS) is 13.2. The fraction of sp³-hybridized carbons (Fsp3) is 0.158. The van der Waals surface area contributed by atoms with E-state index >= 15 is 0 Å². The zero-order chi connectivity index (χ0) is 18.8. The first-order valence-corrected chi connectivity index (χ1v) is 9.39. The van der Waals surface area contributed by atoms with E-state index in [4.69, 9.17) is 0 Å². The second-order valence-corrected chi connectivity index (χ2v) is 7.10. The third-order valence-electron chi connectivity index (χ3n) is 4.23. The van der Waals surface area contributed by atoms with Gasteiger partial charge < -0.3 is 10.2 Å². The molecule has 0 saturated heterocycles. The van der Waals surface area contributed by atoms with Crippen LogP contribution < -0.4 is 10.2 Å². The molecule has 27 heavy (non-hydrogen) atoms. The van der Waals surface area contributed by atoms with Crippen molar-refractivity contribution in [3.63, 3.8) is 0 Å². The molecular formula is C19H17N5O2S. The number of hydrogen-bond donors (Lipinski definition) is 1. The number of amides is 2. The van der Waals surface area contributed by atoms with Crippen molar-refractivity contribution in [1.29, 1.82) is 0 Å². The molecule has 0 saturated carbocycles. The maximum absolute atomic E-state index is 12.8. The highest BCUT2D eigenvalue weighted by Gasteiger charge is 2.26. The molecule has 0 aliphatic carbocycles. The maximum atomic E-state index is 12.8. The van der Waals surface area contributed by atoms with E-state index in [1.54, 1.807) is 12.4 Å². The van der Waals surface area contributed by atoms with Gasteiger partial charge in [0.25, 0.3) is 0 Å². The Balaban J connectivity index is 1.50. The van der Waals surface area contributed by atoms with Crippen LogP contribution in [-0.4, -0.2) is 38.9 Å². The third kappa shape index (κ3) is 3.56. The van der Waals surface area contributed by atoms with E-state index in [1.165, 1.54) is 22.2 Å². The second-order valence-electron chi connectivity index (χ2n) is 6.15. The van der Waals surface area contributed by atoms with Crippen molar-refractivity contribution < 1.29 is 9.59 Å². The summed E-state index contributed by atoms with van der Waals surface area (Å²) in [7, 11) is 0. The summed E-state index contributed by atoms with van der Waals surface area (Å²) in [6, 6.07) is 15.3. The molecule has 7 nitrogen and oxygen atoms in total. The molecule has 136 valence electrons. The largest absolute Gasteiger partial charge is 0.323 e. The van der Waals surface area contributed by atoms with Crippen molar-refractivity contribution in [3.8, 4) is 5.69 Å². The predicted molar refractivity (Wildman–Crippen MR) is 104 cm³/mol. The van der Waals surface area contributed by atoms with E-state index in [9.17, 15) is 9.59 Å². The van der Waals surface area contributed by atoms with Crippen molar-refractivity contribution in [2.45, 2.75) is 12.1 Å². The highest BCUT2D eigenvalue weighted by molar-refractivity contribution is 7.99. The van der Waals surface area contributed by atoms with Gasteiger partial charge in [0.2, 0.25) is 11.8 Å². The van der Waals surface area contributed by atoms with Crippen molar-refractivity contribution in [2.75, 3.05) is 22.5 Å². The van der Waals surface area contributed by atoms with Gasteiger partial charge in [0, 0.05) is 5.69 Å². The van der Waals surface area contributed by atoms with Crippen LogP contribution in [0.1, 0.15) is 5.56 Å². The SMILES string of the molecule is Cc1ccc(-n2cnnc2SCC(=O)N2CC(=O)Nc3ccccc32)cc1. The Labute approximate surface area is 160 Å². The van der Waals surface area contributed by atoms with Crippen LogP contribution in [0.4, 0.5) is 11.4 Å². The number of aromatic nitrogens is 3. The topological polar surface area (TPSA) is 80.1 Å². The summed E-state index contributed by atoms with van der Waals surface area (Å²) in [5.74, 6) is -0.192. The summed E-state index contributed by atoms with van der Waals surface area (Å²) >= 11 is 1.30. The molecule has 2 aromatic carbocycles. The number of fused-ring (bicyclic) bond motifs is 1.